The highest BCUT2D eigenvalue weighted by Gasteiger charge is 2.45. The van der Waals surface area contributed by atoms with E-state index in [2.05, 4.69) is 45.1 Å². The number of nitrogens with two attached hydrogens (primary N) is 1. The molecule has 8 N–H and O–H groups in total. The van der Waals surface area contributed by atoms with Gasteiger partial charge in [0.25, 0.3) is 0 Å². The average Bonchev–Trinajstić information content (AvgIpc) is 1.80. The van der Waals surface area contributed by atoms with Crippen molar-refractivity contribution in [3.8, 4) is 0 Å². The van der Waals surface area contributed by atoms with E-state index in [1.165, 1.54) is 33.8 Å². The Morgan fingerprint density at radius 3 is 1.93 bits per heavy atom. The minimum Gasteiger partial charge on any atom is -0.445 e. The van der Waals surface area contributed by atoms with Crippen LogP contribution in [0.1, 0.15) is 118 Å². The number of thioether (sulfide) groups is 2. The van der Waals surface area contributed by atoms with Gasteiger partial charge in [0.1, 0.15) is 30.8 Å². The number of urea groups is 1. The number of hydrogen-bond donors (Lipinski definition) is 7. The number of nitrogens with zero attached hydrogens (tertiary/aromatic N) is 7. The summed E-state index contributed by atoms with van der Waals surface area (Å²) in [5, 5.41) is 17.8. The van der Waals surface area contributed by atoms with E-state index in [9.17, 15) is 57.5 Å². The molecule has 3 aliphatic rings. The van der Waals surface area contributed by atoms with Gasteiger partial charge in [0.2, 0.25) is 59.1 Å². The molecule has 0 saturated carbocycles. The van der Waals surface area contributed by atoms with Gasteiger partial charge < -0.3 is 76.3 Å². The SMILES string of the molecule is C=CC(=O)N1CN(C(=O)C=C)CN(C(=O)CCSCC(=O)N[C@H](C(=O)N[C@@H](CCCNC(N)=O)C(=O)Nc2ccc(COC(=O)N(C)[C@H](C(=O)N[C@H](C(=O)N(C)[C@@H]([C@@H](C)CC)[C@@H](CC(=O)N3CCC[C@H]3[C@H](OC)[C@@H](C)C(=O)N[C@@H](Cc3ccccc3)C3=NCCS3)OC)C(C)C)C(C)C)cc2)C(C)C)C1. The molecule has 0 aromatic heterocycles. The zero-order valence-corrected chi connectivity index (χ0v) is 64.9. The van der Waals surface area contributed by atoms with E-state index in [1.807, 2.05) is 51.1 Å². The molecule has 11 atom stereocenters. The van der Waals surface area contributed by atoms with Crippen molar-refractivity contribution in [3.63, 3.8) is 0 Å². The Morgan fingerprint density at radius 2 is 1.37 bits per heavy atom. The van der Waals surface area contributed by atoms with E-state index in [4.69, 9.17) is 24.9 Å². The molecule has 0 spiro atoms. The van der Waals surface area contributed by atoms with Crippen LogP contribution in [0, 0.1) is 29.6 Å². The highest BCUT2D eigenvalue weighted by Crippen LogP contribution is 2.31. The van der Waals surface area contributed by atoms with E-state index in [-0.39, 0.29) is 100 Å². The van der Waals surface area contributed by atoms with Gasteiger partial charge in [-0.1, -0.05) is 124 Å². The quantitative estimate of drug-likeness (QED) is 0.0337. The number of carbonyl (C=O) groups excluding carboxylic acids is 12. The van der Waals surface area contributed by atoms with E-state index < -0.39 is 126 Å². The third-order valence-corrected chi connectivity index (χ3v) is 21.1. The van der Waals surface area contributed by atoms with Crippen LogP contribution in [0.5, 0.6) is 0 Å². The van der Waals surface area contributed by atoms with Crippen molar-refractivity contribution in [2.45, 2.75) is 175 Å². The van der Waals surface area contributed by atoms with Crippen LogP contribution in [0.15, 0.2) is 84.9 Å². The first-order valence-corrected chi connectivity index (χ1v) is 38.1. The van der Waals surface area contributed by atoms with Crippen LogP contribution in [0.2, 0.25) is 0 Å². The fraction of sp³-hybridized carbons (Fsp3) is 0.608. The molecule has 580 valence electrons. The lowest BCUT2D eigenvalue weighted by atomic mass is 9.89. The fourth-order valence-electron chi connectivity index (χ4n) is 13.1. The summed E-state index contributed by atoms with van der Waals surface area (Å²) in [6.45, 7) is 24.2. The third kappa shape index (κ3) is 25.9. The number of ether oxygens (including phenoxy) is 3. The summed E-state index contributed by atoms with van der Waals surface area (Å²) in [7, 11) is 6.16. The van der Waals surface area contributed by atoms with Crippen molar-refractivity contribution >= 4 is 105 Å². The van der Waals surface area contributed by atoms with Crippen molar-refractivity contribution < 1.29 is 71.7 Å². The fourth-order valence-corrected chi connectivity index (χ4v) is 14.8. The molecule has 0 bridgehead atoms. The number of hydrogen-bond acceptors (Lipinski definition) is 18. The van der Waals surface area contributed by atoms with Gasteiger partial charge in [-0.3, -0.25) is 57.8 Å². The number of amides is 13. The number of likely N-dealkylation sites (N-methyl/N-ethyl adjacent to an activating group) is 2. The Kier molecular flexibility index (Phi) is 35.8. The molecule has 3 aliphatic heterocycles. The van der Waals surface area contributed by atoms with Gasteiger partial charge in [0, 0.05) is 71.6 Å². The Hall–Kier alpha value is -8.55. The van der Waals surface area contributed by atoms with Gasteiger partial charge >= 0.3 is 12.1 Å². The average molecular weight is 1500 g/mol. The topological polar surface area (TPSA) is 363 Å². The predicted octanol–water partition coefficient (Wildman–Crippen LogP) is 5.09. The molecular formula is C74H112N14O15S2. The van der Waals surface area contributed by atoms with Crippen molar-refractivity contribution in [2.75, 3.05) is 90.5 Å². The molecule has 29 nitrogen and oxygen atoms in total. The number of methoxy groups -OCH3 is 2. The molecule has 13 amide bonds. The van der Waals surface area contributed by atoms with Crippen molar-refractivity contribution in [3.05, 3.63) is 91.0 Å². The van der Waals surface area contributed by atoms with Crippen LogP contribution in [-0.4, -0.2) is 245 Å². The van der Waals surface area contributed by atoms with Crippen molar-refractivity contribution in [1.29, 1.82) is 0 Å². The maximum absolute atomic E-state index is 14.9. The predicted molar refractivity (Wildman–Crippen MR) is 404 cm³/mol. The van der Waals surface area contributed by atoms with Crippen LogP contribution < -0.4 is 37.6 Å². The van der Waals surface area contributed by atoms with Crippen LogP contribution >= 0.6 is 23.5 Å². The summed E-state index contributed by atoms with van der Waals surface area (Å²) in [4.78, 5) is 176. The number of rotatable bonds is 40. The van der Waals surface area contributed by atoms with Crippen LogP contribution in [-0.2, 0) is 75.2 Å². The zero-order valence-electron chi connectivity index (χ0n) is 63.2. The number of likely N-dealkylation sites (tertiary alicyclic amines) is 1. The lowest BCUT2D eigenvalue weighted by Gasteiger charge is -2.41. The number of nitrogens with one attached hydrogen (secondary N) is 6. The standard InChI is InChI=1S/C74H112N14O15S2/c1-16-48(10)65(56(101-14)39-61(93)88-35-23-27-55(88)66(102-15)49(11)67(94)80-54(71-76-34-37-105-71)38-50-24-20-19-21-25-50)83(12)72(98)63(46(6)7)82-70(97)64(47(8)9)84(13)74(100)103-40-51-28-30-52(31-29-51)78-68(95)53(26-22-33-77-73(75)99)79-69(96)62(45(4)5)81-57(89)41-104-36-32-60(92)87-43-85(58(90)17-2)42-86(44-87)59(91)18-3/h17-21,24-25,28-31,45-49,53-56,62-66H,2-3,16,22-23,26-27,32-44H2,1,4-15H3,(H,78,95)(H,79,96)(H,80,94)(H,81,89)(H,82,97)(H3,75,77,99)/t48-,49+,53-,54-,55-,56+,62-,63-,64-,65-,66+/m0/s1. The first-order valence-electron chi connectivity index (χ1n) is 35.9. The van der Waals surface area contributed by atoms with Crippen molar-refractivity contribution in [2.24, 2.45) is 40.3 Å². The minimum absolute atomic E-state index is 0.0232. The summed E-state index contributed by atoms with van der Waals surface area (Å²) in [6.07, 6.45) is 2.64. The maximum atomic E-state index is 14.9. The van der Waals surface area contributed by atoms with Gasteiger partial charge in [-0.15, -0.1) is 11.8 Å². The lowest BCUT2D eigenvalue weighted by Crippen LogP contribution is -2.60. The lowest BCUT2D eigenvalue weighted by molar-refractivity contribution is -0.154. The minimum atomic E-state index is -1.16. The van der Waals surface area contributed by atoms with Crippen LogP contribution in [0.25, 0.3) is 0 Å². The number of benzene rings is 2. The summed E-state index contributed by atoms with van der Waals surface area (Å²) in [5.41, 5.74) is 7.17. The normalized spacial score (nSPS) is 17.3. The highest BCUT2D eigenvalue weighted by molar-refractivity contribution is 8.14. The largest absolute Gasteiger partial charge is 0.445 e. The van der Waals surface area contributed by atoms with E-state index >= 15 is 0 Å². The van der Waals surface area contributed by atoms with Gasteiger partial charge in [0.15, 0.2) is 0 Å². The second-order valence-corrected chi connectivity index (χ2v) is 30.0. The molecule has 2 fully saturated rings. The number of anilines is 1. The second kappa shape index (κ2) is 43.2. The number of aliphatic imine (C=N–C) groups is 1. The smallest absolute Gasteiger partial charge is 0.410 e. The van der Waals surface area contributed by atoms with Crippen LogP contribution in [0.3, 0.4) is 0 Å². The summed E-state index contributed by atoms with van der Waals surface area (Å²) in [5.74, 6) is -5.70. The molecule has 31 heteroatoms. The van der Waals surface area contributed by atoms with Crippen molar-refractivity contribution in [1.82, 2.24) is 56.0 Å². The molecule has 105 heavy (non-hydrogen) atoms. The molecule has 5 rings (SSSR count). The Morgan fingerprint density at radius 1 is 0.733 bits per heavy atom. The molecule has 0 aliphatic carbocycles. The molecule has 3 heterocycles. The van der Waals surface area contributed by atoms with Gasteiger partial charge in [-0.2, -0.15) is 11.8 Å². The number of primary amides is 1. The summed E-state index contributed by atoms with van der Waals surface area (Å²) < 4.78 is 18.0. The third-order valence-electron chi connectivity index (χ3n) is 19.1. The Bertz CT molecular complexity index is 3320. The summed E-state index contributed by atoms with van der Waals surface area (Å²) >= 11 is 2.78. The first kappa shape index (κ1) is 87.1. The van der Waals surface area contributed by atoms with Crippen LogP contribution in [0.4, 0.5) is 15.3 Å². The molecule has 2 saturated heterocycles. The maximum Gasteiger partial charge on any atom is 0.410 e. The van der Waals surface area contributed by atoms with E-state index in [0.717, 1.165) is 40.3 Å². The highest BCUT2D eigenvalue weighted by atomic mass is 32.2. The Balaban J connectivity index is 1.17. The van der Waals surface area contributed by atoms with E-state index in [1.54, 1.807) is 102 Å². The van der Waals surface area contributed by atoms with Gasteiger partial charge in [0.05, 0.1) is 73.5 Å². The molecule has 2 aromatic rings. The molecular weight excluding hydrogens is 1390 g/mol. The number of carbonyl (C=O) groups is 12. The monoisotopic (exact) mass is 1500 g/mol. The molecule has 0 unspecified atom stereocenters. The summed E-state index contributed by atoms with van der Waals surface area (Å²) in [6, 6.07) is 9.76. The molecule has 0 radical (unpaired) electrons. The molecule has 2 aromatic carbocycles. The zero-order chi connectivity index (χ0) is 77.8. The second-order valence-electron chi connectivity index (χ2n) is 27.8. The van der Waals surface area contributed by atoms with E-state index in [0.29, 0.717) is 50.0 Å². The Labute approximate surface area is 626 Å². The van der Waals surface area contributed by atoms with Gasteiger partial charge in [-0.25, -0.2) is 9.59 Å². The first-order chi connectivity index (χ1) is 49.9. The van der Waals surface area contributed by atoms with Gasteiger partial charge in [-0.05, 0) is 91.2 Å².